The fourth-order valence-electron chi connectivity index (χ4n) is 4.96. The molecule has 1 rings (SSSR count). The van der Waals surface area contributed by atoms with Gasteiger partial charge in [-0.25, -0.2) is 4.79 Å². The summed E-state index contributed by atoms with van der Waals surface area (Å²) in [5.74, 6) is -0.860. The molecule has 184 valence electrons. The number of anilines is 1. The van der Waals surface area contributed by atoms with Crippen molar-refractivity contribution >= 4 is 19.7 Å². The summed E-state index contributed by atoms with van der Waals surface area (Å²) < 4.78 is 0. The van der Waals surface area contributed by atoms with Crippen LogP contribution in [0.15, 0.2) is 24.3 Å². The van der Waals surface area contributed by atoms with Gasteiger partial charge >= 0.3 is 5.97 Å². The fourth-order valence-corrected chi connectivity index (χ4v) is 10.4. The highest BCUT2D eigenvalue weighted by molar-refractivity contribution is 6.79. The van der Waals surface area contributed by atoms with Crippen LogP contribution >= 0.6 is 0 Å². The minimum atomic E-state index is -1.23. The van der Waals surface area contributed by atoms with Crippen molar-refractivity contribution in [2.45, 2.75) is 128 Å². The van der Waals surface area contributed by atoms with Gasteiger partial charge in [0.1, 0.15) is 0 Å². The maximum atomic E-state index is 11.0. The van der Waals surface area contributed by atoms with Crippen LogP contribution in [0.5, 0.6) is 0 Å². The van der Waals surface area contributed by atoms with Crippen molar-refractivity contribution in [2.75, 3.05) is 11.9 Å². The summed E-state index contributed by atoms with van der Waals surface area (Å²) in [6, 6.07) is 13.3. The van der Waals surface area contributed by atoms with Gasteiger partial charge in [-0.3, -0.25) is 0 Å². The number of carbonyl (C=O) groups is 1. The molecule has 0 fully saturated rings. The van der Waals surface area contributed by atoms with Gasteiger partial charge in [-0.05, 0) is 30.7 Å². The normalized spacial score (nSPS) is 11.6. The highest BCUT2D eigenvalue weighted by Crippen LogP contribution is 2.34. The molecule has 32 heavy (non-hydrogen) atoms. The van der Waals surface area contributed by atoms with Gasteiger partial charge in [-0.2, -0.15) is 0 Å². The Kier molecular flexibility index (Phi) is 16.3. The first-order valence-corrected chi connectivity index (χ1v) is 16.5. The molecule has 0 amide bonds. The molecule has 1 aromatic carbocycles. The first kappa shape index (κ1) is 28.7. The second-order valence-corrected chi connectivity index (χ2v) is 14.8. The summed E-state index contributed by atoms with van der Waals surface area (Å²) in [7, 11) is -1.23. The Bertz CT molecular complexity index is 556. The number of carboxylic acids is 1. The Morgan fingerprint density at radius 1 is 0.688 bits per heavy atom. The van der Waals surface area contributed by atoms with E-state index in [-0.39, 0.29) is 0 Å². The molecule has 2 N–H and O–H groups in total. The van der Waals surface area contributed by atoms with Crippen LogP contribution in [-0.4, -0.2) is 25.7 Å². The van der Waals surface area contributed by atoms with Gasteiger partial charge in [0, 0.05) is 12.2 Å². The van der Waals surface area contributed by atoms with E-state index in [2.05, 4.69) is 26.1 Å². The van der Waals surface area contributed by atoms with Crippen molar-refractivity contribution < 1.29 is 9.90 Å². The minimum absolute atomic E-state index is 0.355. The topological polar surface area (TPSA) is 49.3 Å². The summed E-state index contributed by atoms with van der Waals surface area (Å²) in [5.41, 5.74) is 1.39. The summed E-state index contributed by atoms with van der Waals surface area (Å²) in [4.78, 5) is 11.0. The zero-order chi connectivity index (χ0) is 23.5. The van der Waals surface area contributed by atoms with Gasteiger partial charge in [0.15, 0.2) is 0 Å². The number of aromatic carboxylic acids is 1. The molecule has 0 atom stereocenters. The highest BCUT2D eigenvalue weighted by Gasteiger charge is 2.30. The summed E-state index contributed by atoms with van der Waals surface area (Å²) in [5, 5.41) is 12.6. The molecule has 0 bridgehead atoms. The number of nitrogens with one attached hydrogen (secondary N) is 1. The van der Waals surface area contributed by atoms with E-state index in [4.69, 9.17) is 5.11 Å². The van der Waals surface area contributed by atoms with E-state index < -0.39 is 14.0 Å². The van der Waals surface area contributed by atoms with E-state index >= 15 is 0 Å². The molecule has 0 unspecified atom stereocenters. The lowest BCUT2D eigenvalue weighted by Gasteiger charge is -2.33. The molecule has 0 saturated heterocycles. The number of hydrogen-bond donors (Lipinski definition) is 2. The van der Waals surface area contributed by atoms with E-state index in [1.807, 2.05) is 12.1 Å². The SMILES string of the molecule is CCCCCC[Si](CCCCCC)(CCCCCC)CCCNc1ccc(C(=O)O)cc1. The molecule has 0 spiro atoms. The molecular weight excluding hydrogens is 410 g/mol. The van der Waals surface area contributed by atoms with Crippen molar-refractivity contribution in [3.8, 4) is 0 Å². The predicted octanol–water partition coefficient (Wildman–Crippen LogP) is 9.38. The fraction of sp³-hybridized carbons (Fsp3) is 0.750. The summed E-state index contributed by atoms with van der Waals surface area (Å²) in [6.07, 6.45) is 18.0. The monoisotopic (exact) mass is 461 g/mol. The van der Waals surface area contributed by atoms with Crippen LogP contribution < -0.4 is 5.32 Å². The standard InChI is InChI=1S/C28H51NO2Si/c1-4-7-10-13-22-32(23-14-11-8-5-2,24-15-12-9-6-3)25-16-21-29-27-19-17-26(18-20-27)28(30)31/h17-20,29H,4-16,21-25H2,1-3H3,(H,30,31). The Labute approximate surface area is 199 Å². The van der Waals surface area contributed by atoms with Crippen LogP contribution in [0.3, 0.4) is 0 Å². The molecular formula is C28H51NO2Si. The van der Waals surface area contributed by atoms with E-state index in [1.165, 1.54) is 89.5 Å². The van der Waals surface area contributed by atoms with E-state index in [0.29, 0.717) is 5.56 Å². The van der Waals surface area contributed by atoms with Crippen molar-refractivity contribution in [1.82, 2.24) is 0 Å². The summed E-state index contributed by atoms with van der Waals surface area (Å²) >= 11 is 0. The first-order chi connectivity index (χ1) is 15.6. The molecule has 1 aromatic rings. The van der Waals surface area contributed by atoms with Crippen molar-refractivity contribution in [2.24, 2.45) is 0 Å². The third kappa shape index (κ3) is 12.7. The lowest BCUT2D eigenvalue weighted by Crippen LogP contribution is -2.34. The lowest BCUT2D eigenvalue weighted by molar-refractivity contribution is 0.0697. The first-order valence-electron chi connectivity index (χ1n) is 13.6. The van der Waals surface area contributed by atoms with Gasteiger partial charge in [-0.15, -0.1) is 0 Å². The smallest absolute Gasteiger partial charge is 0.335 e. The zero-order valence-electron chi connectivity index (χ0n) is 21.4. The maximum Gasteiger partial charge on any atom is 0.335 e. The van der Waals surface area contributed by atoms with Crippen LogP contribution in [0.25, 0.3) is 0 Å². The van der Waals surface area contributed by atoms with Crippen molar-refractivity contribution in [1.29, 1.82) is 0 Å². The number of hydrogen-bond acceptors (Lipinski definition) is 2. The van der Waals surface area contributed by atoms with Gasteiger partial charge < -0.3 is 10.4 Å². The third-order valence-electron chi connectivity index (χ3n) is 7.03. The Morgan fingerprint density at radius 3 is 1.53 bits per heavy atom. The Morgan fingerprint density at radius 2 is 1.12 bits per heavy atom. The lowest BCUT2D eigenvalue weighted by atomic mass is 10.2. The van der Waals surface area contributed by atoms with E-state index in [1.54, 1.807) is 30.3 Å². The molecule has 4 heteroatoms. The molecule has 3 nitrogen and oxygen atoms in total. The third-order valence-corrected chi connectivity index (χ3v) is 12.7. The second kappa shape index (κ2) is 18.2. The molecule has 0 aliphatic rings. The largest absolute Gasteiger partial charge is 0.478 e. The van der Waals surface area contributed by atoms with Gasteiger partial charge in [0.2, 0.25) is 0 Å². The maximum absolute atomic E-state index is 11.0. The van der Waals surface area contributed by atoms with Crippen LogP contribution in [0.2, 0.25) is 24.2 Å². The molecule has 0 radical (unpaired) electrons. The van der Waals surface area contributed by atoms with Crippen LogP contribution in [-0.2, 0) is 0 Å². The Balaban J connectivity index is 2.66. The van der Waals surface area contributed by atoms with Crippen molar-refractivity contribution in [3.63, 3.8) is 0 Å². The minimum Gasteiger partial charge on any atom is -0.478 e. The molecule has 0 heterocycles. The van der Waals surface area contributed by atoms with Crippen LogP contribution in [0.1, 0.15) is 115 Å². The Hall–Kier alpha value is -1.29. The molecule has 0 aliphatic carbocycles. The average molecular weight is 462 g/mol. The number of benzene rings is 1. The molecule has 0 aliphatic heterocycles. The van der Waals surface area contributed by atoms with Gasteiger partial charge in [0.25, 0.3) is 0 Å². The molecule has 0 aromatic heterocycles. The van der Waals surface area contributed by atoms with E-state index in [9.17, 15) is 4.79 Å². The van der Waals surface area contributed by atoms with Crippen molar-refractivity contribution in [3.05, 3.63) is 29.8 Å². The number of rotatable bonds is 21. The van der Waals surface area contributed by atoms with Gasteiger partial charge in [0.05, 0.1) is 13.6 Å². The van der Waals surface area contributed by atoms with Crippen LogP contribution in [0.4, 0.5) is 5.69 Å². The number of carboxylic acid groups (broad SMARTS) is 1. The number of unbranched alkanes of at least 4 members (excludes halogenated alkanes) is 9. The molecule has 0 saturated carbocycles. The quantitative estimate of drug-likeness (QED) is 0.141. The highest BCUT2D eigenvalue weighted by atomic mass is 28.3. The van der Waals surface area contributed by atoms with Gasteiger partial charge in [-0.1, -0.05) is 122 Å². The van der Waals surface area contributed by atoms with E-state index in [0.717, 1.165) is 12.2 Å². The zero-order valence-corrected chi connectivity index (χ0v) is 22.4. The second-order valence-electron chi connectivity index (χ2n) is 9.84. The summed E-state index contributed by atoms with van der Waals surface area (Å²) in [6.45, 7) is 7.94. The van der Waals surface area contributed by atoms with Crippen LogP contribution in [0, 0.1) is 0 Å². The predicted molar refractivity (Wildman–Crippen MR) is 144 cm³/mol. The average Bonchev–Trinajstić information content (AvgIpc) is 2.80.